The zero-order chi connectivity index (χ0) is 31.1. The van der Waals surface area contributed by atoms with E-state index in [1.807, 2.05) is 45.0 Å². The van der Waals surface area contributed by atoms with Crippen molar-refractivity contribution >= 4 is 50.7 Å². The maximum Gasteiger partial charge on any atom is 0.264 e. The first-order valence-electron chi connectivity index (χ1n) is 14.7. The standard InChI is InChI=1S/C33H39Cl2N3O4S/c1-4-29(33(40)36-26-13-6-5-7-14-26)37(21-25-12-9-8-11-24(25)3)31(39)22-38(30-16-10-15-28(34)32(30)35)43(41,42)27-19-17-23(2)18-20-27/h8-12,15-20,26,29H,4-7,13-14,21-22H2,1-3H3,(H,36,40)/t29-/m1/s1. The molecule has 0 unspecified atom stereocenters. The van der Waals surface area contributed by atoms with Gasteiger partial charge in [-0.3, -0.25) is 13.9 Å². The lowest BCUT2D eigenvalue weighted by atomic mass is 9.95. The van der Waals surface area contributed by atoms with E-state index in [2.05, 4.69) is 5.32 Å². The first-order chi connectivity index (χ1) is 20.5. The molecule has 0 spiro atoms. The van der Waals surface area contributed by atoms with Gasteiger partial charge in [-0.25, -0.2) is 8.42 Å². The summed E-state index contributed by atoms with van der Waals surface area (Å²) < 4.78 is 29.2. The summed E-state index contributed by atoms with van der Waals surface area (Å²) in [6, 6.07) is 18.0. The lowest BCUT2D eigenvalue weighted by Crippen LogP contribution is -2.54. The molecule has 2 amide bonds. The number of nitrogens with one attached hydrogen (secondary N) is 1. The van der Waals surface area contributed by atoms with E-state index in [4.69, 9.17) is 23.2 Å². The van der Waals surface area contributed by atoms with Crippen LogP contribution < -0.4 is 9.62 Å². The van der Waals surface area contributed by atoms with Crippen LogP contribution in [0.5, 0.6) is 0 Å². The fourth-order valence-electron chi connectivity index (χ4n) is 5.47. The van der Waals surface area contributed by atoms with Gasteiger partial charge in [0.1, 0.15) is 12.6 Å². The van der Waals surface area contributed by atoms with Crippen LogP contribution >= 0.6 is 23.2 Å². The van der Waals surface area contributed by atoms with E-state index in [-0.39, 0.29) is 39.1 Å². The minimum Gasteiger partial charge on any atom is -0.352 e. The van der Waals surface area contributed by atoms with Gasteiger partial charge in [-0.1, -0.05) is 97.4 Å². The molecule has 1 aliphatic rings. The fraction of sp³-hybridized carbons (Fsp3) is 0.394. The Morgan fingerprint density at radius 1 is 0.930 bits per heavy atom. The number of aryl methyl sites for hydroxylation is 2. The van der Waals surface area contributed by atoms with E-state index in [9.17, 15) is 18.0 Å². The predicted octanol–water partition coefficient (Wildman–Crippen LogP) is 7.06. The molecule has 0 heterocycles. The van der Waals surface area contributed by atoms with Crippen molar-refractivity contribution in [2.24, 2.45) is 0 Å². The summed E-state index contributed by atoms with van der Waals surface area (Å²) in [6.07, 6.45) is 5.44. The Labute approximate surface area is 265 Å². The second-order valence-electron chi connectivity index (χ2n) is 11.1. The van der Waals surface area contributed by atoms with Gasteiger partial charge < -0.3 is 10.2 Å². The predicted molar refractivity (Wildman–Crippen MR) is 173 cm³/mol. The Morgan fingerprint density at radius 3 is 2.26 bits per heavy atom. The number of hydrogen-bond acceptors (Lipinski definition) is 4. The van der Waals surface area contributed by atoms with Crippen molar-refractivity contribution in [2.45, 2.75) is 82.8 Å². The van der Waals surface area contributed by atoms with E-state index >= 15 is 0 Å². The highest BCUT2D eigenvalue weighted by atomic mass is 35.5. The average Bonchev–Trinajstić information content (AvgIpc) is 2.99. The smallest absolute Gasteiger partial charge is 0.264 e. The Hall–Kier alpha value is -3.07. The zero-order valence-corrected chi connectivity index (χ0v) is 27.2. The second-order valence-corrected chi connectivity index (χ2v) is 13.8. The van der Waals surface area contributed by atoms with Crippen LogP contribution in [0.15, 0.2) is 71.6 Å². The summed E-state index contributed by atoms with van der Waals surface area (Å²) in [7, 11) is -4.25. The largest absolute Gasteiger partial charge is 0.352 e. The topological polar surface area (TPSA) is 86.8 Å². The van der Waals surface area contributed by atoms with Gasteiger partial charge in [0.25, 0.3) is 10.0 Å². The van der Waals surface area contributed by atoms with Crippen molar-refractivity contribution in [3.63, 3.8) is 0 Å². The molecule has 10 heteroatoms. The molecule has 1 atom stereocenters. The molecule has 230 valence electrons. The number of amides is 2. The lowest BCUT2D eigenvalue weighted by Gasteiger charge is -2.35. The Kier molecular flexibility index (Phi) is 11.2. The third-order valence-electron chi connectivity index (χ3n) is 8.03. The molecule has 0 bridgehead atoms. The fourth-order valence-corrected chi connectivity index (χ4v) is 7.34. The molecule has 4 rings (SSSR count). The van der Waals surface area contributed by atoms with E-state index in [0.29, 0.717) is 6.42 Å². The van der Waals surface area contributed by atoms with Gasteiger partial charge in [0, 0.05) is 12.6 Å². The number of anilines is 1. The molecular formula is C33H39Cl2N3O4S. The molecular weight excluding hydrogens is 605 g/mol. The van der Waals surface area contributed by atoms with Crippen molar-refractivity contribution in [2.75, 3.05) is 10.8 Å². The Bertz CT molecular complexity index is 1540. The number of benzene rings is 3. The average molecular weight is 645 g/mol. The Morgan fingerprint density at radius 2 is 1.60 bits per heavy atom. The summed E-state index contributed by atoms with van der Waals surface area (Å²) >= 11 is 12.8. The molecule has 1 saturated carbocycles. The minimum atomic E-state index is -4.25. The quantitative estimate of drug-likeness (QED) is 0.242. The van der Waals surface area contributed by atoms with Gasteiger partial charge in [-0.2, -0.15) is 0 Å². The summed E-state index contributed by atoms with van der Waals surface area (Å²) in [5.74, 6) is -0.759. The lowest BCUT2D eigenvalue weighted by molar-refractivity contribution is -0.140. The van der Waals surface area contributed by atoms with Crippen molar-refractivity contribution in [1.82, 2.24) is 10.2 Å². The summed E-state index contributed by atoms with van der Waals surface area (Å²) in [5.41, 5.74) is 2.80. The Balaban J connectivity index is 1.75. The normalized spacial score (nSPS) is 14.6. The van der Waals surface area contributed by atoms with Crippen LogP contribution in [0.2, 0.25) is 10.0 Å². The molecule has 3 aromatic rings. The van der Waals surface area contributed by atoms with Gasteiger partial charge in [-0.05, 0) is 68.5 Å². The van der Waals surface area contributed by atoms with Gasteiger partial charge >= 0.3 is 0 Å². The third kappa shape index (κ3) is 7.91. The summed E-state index contributed by atoms with van der Waals surface area (Å²) in [5, 5.41) is 3.34. The minimum absolute atomic E-state index is 0.00878. The monoisotopic (exact) mass is 643 g/mol. The van der Waals surface area contributed by atoms with Crippen molar-refractivity contribution in [3.8, 4) is 0 Å². The highest BCUT2D eigenvalue weighted by Crippen LogP contribution is 2.35. The van der Waals surface area contributed by atoms with Gasteiger partial charge in [0.15, 0.2) is 0 Å². The maximum absolute atomic E-state index is 14.3. The summed E-state index contributed by atoms with van der Waals surface area (Å²) in [4.78, 5) is 29.5. The first kappa shape index (κ1) is 32.8. The number of nitrogens with zero attached hydrogens (tertiary/aromatic N) is 2. The highest BCUT2D eigenvalue weighted by Gasteiger charge is 2.35. The third-order valence-corrected chi connectivity index (χ3v) is 10.6. The number of rotatable bonds is 11. The molecule has 7 nitrogen and oxygen atoms in total. The molecule has 43 heavy (non-hydrogen) atoms. The number of sulfonamides is 1. The van der Waals surface area contributed by atoms with Crippen LogP contribution in [0.4, 0.5) is 5.69 Å². The van der Waals surface area contributed by atoms with Crippen LogP contribution in [-0.2, 0) is 26.2 Å². The molecule has 1 N–H and O–H groups in total. The second kappa shape index (κ2) is 14.6. The van der Waals surface area contributed by atoms with Crippen molar-refractivity contribution in [3.05, 3.63) is 93.5 Å². The first-order valence-corrected chi connectivity index (χ1v) is 16.9. The van der Waals surface area contributed by atoms with E-state index < -0.39 is 28.5 Å². The van der Waals surface area contributed by atoms with Crippen LogP contribution in [0.1, 0.15) is 62.1 Å². The zero-order valence-electron chi connectivity index (χ0n) is 24.9. The molecule has 0 aromatic heterocycles. The van der Waals surface area contributed by atoms with E-state index in [1.54, 1.807) is 24.3 Å². The summed E-state index contributed by atoms with van der Waals surface area (Å²) in [6.45, 7) is 5.23. The van der Waals surface area contributed by atoms with Crippen LogP contribution in [0, 0.1) is 13.8 Å². The maximum atomic E-state index is 14.3. The van der Waals surface area contributed by atoms with Gasteiger partial charge in [0.05, 0.1) is 20.6 Å². The molecule has 1 aliphatic carbocycles. The SMILES string of the molecule is CC[C@H](C(=O)NC1CCCCC1)N(Cc1ccccc1C)C(=O)CN(c1cccc(Cl)c1Cl)S(=O)(=O)c1ccc(C)cc1. The highest BCUT2D eigenvalue weighted by molar-refractivity contribution is 7.92. The number of carbonyl (C=O) groups excluding carboxylic acids is 2. The van der Waals surface area contributed by atoms with E-state index in [1.165, 1.54) is 23.1 Å². The van der Waals surface area contributed by atoms with Crippen molar-refractivity contribution in [1.29, 1.82) is 0 Å². The number of hydrogen-bond donors (Lipinski definition) is 1. The van der Waals surface area contributed by atoms with E-state index in [0.717, 1.165) is 53.1 Å². The van der Waals surface area contributed by atoms with Crippen LogP contribution in [-0.4, -0.2) is 43.8 Å². The molecule has 0 radical (unpaired) electrons. The number of carbonyl (C=O) groups is 2. The van der Waals surface area contributed by atoms with Crippen LogP contribution in [0.25, 0.3) is 0 Å². The number of halogens is 2. The van der Waals surface area contributed by atoms with Gasteiger partial charge in [0.2, 0.25) is 11.8 Å². The van der Waals surface area contributed by atoms with Gasteiger partial charge in [-0.15, -0.1) is 0 Å². The molecule has 1 fully saturated rings. The van der Waals surface area contributed by atoms with Crippen molar-refractivity contribution < 1.29 is 18.0 Å². The molecule has 0 saturated heterocycles. The molecule has 3 aromatic carbocycles. The molecule has 0 aliphatic heterocycles. The van der Waals surface area contributed by atoms with Crippen LogP contribution in [0.3, 0.4) is 0 Å².